The van der Waals surface area contributed by atoms with Gasteiger partial charge in [0.25, 0.3) is 5.91 Å². The van der Waals surface area contributed by atoms with E-state index in [0.717, 1.165) is 5.56 Å². The fraction of sp³-hybridized carbons (Fsp3) is 0.150. The largest absolute Gasteiger partial charge is 0.343 e. The number of benzene rings is 2. The van der Waals surface area contributed by atoms with Gasteiger partial charge in [-0.1, -0.05) is 41.9 Å². The number of halogens is 1. The molecule has 0 aliphatic heterocycles. The Hall–Kier alpha value is -3.12. The third kappa shape index (κ3) is 4.74. The first-order valence-corrected chi connectivity index (χ1v) is 8.77. The van der Waals surface area contributed by atoms with Gasteiger partial charge in [-0.2, -0.15) is 0 Å². The minimum Gasteiger partial charge on any atom is -0.343 e. The van der Waals surface area contributed by atoms with Crippen LogP contribution in [0.2, 0.25) is 5.02 Å². The maximum atomic E-state index is 12.4. The molecular formula is C20H19ClN4O2. The Balaban J connectivity index is 1.70. The Morgan fingerprint density at radius 2 is 1.81 bits per heavy atom. The third-order valence-corrected chi connectivity index (χ3v) is 4.32. The average molecular weight is 383 g/mol. The summed E-state index contributed by atoms with van der Waals surface area (Å²) in [6.45, 7) is -0.137. The van der Waals surface area contributed by atoms with Crippen LogP contribution in [-0.2, 0) is 11.8 Å². The summed E-state index contributed by atoms with van der Waals surface area (Å²) in [4.78, 5) is 28.9. The van der Waals surface area contributed by atoms with Crippen molar-refractivity contribution in [3.8, 4) is 0 Å². The van der Waals surface area contributed by atoms with Crippen molar-refractivity contribution in [3.05, 3.63) is 89.0 Å². The molecule has 138 valence electrons. The third-order valence-electron chi connectivity index (χ3n) is 4.07. The van der Waals surface area contributed by atoms with Crippen LogP contribution >= 0.6 is 11.6 Å². The maximum absolute atomic E-state index is 12.4. The quantitative estimate of drug-likeness (QED) is 0.688. The Kier molecular flexibility index (Phi) is 5.88. The van der Waals surface area contributed by atoms with E-state index < -0.39 is 6.04 Å². The van der Waals surface area contributed by atoms with Crippen LogP contribution in [-0.4, -0.2) is 27.9 Å². The van der Waals surface area contributed by atoms with Crippen molar-refractivity contribution in [2.45, 2.75) is 6.04 Å². The zero-order valence-electron chi connectivity index (χ0n) is 14.7. The summed E-state index contributed by atoms with van der Waals surface area (Å²) in [6, 6.07) is 15.5. The highest BCUT2D eigenvalue weighted by Crippen LogP contribution is 2.22. The van der Waals surface area contributed by atoms with E-state index in [1.165, 1.54) is 0 Å². The molecule has 0 fully saturated rings. The molecule has 1 heterocycles. The van der Waals surface area contributed by atoms with Crippen molar-refractivity contribution in [3.63, 3.8) is 0 Å². The molecule has 2 aromatic carbocycles. The summed E-state index contributed by atoms with van der Waals surface area (Å²) in [7, 11) is 1.86. The summed E-state index contributed by atoms with van der Waals surface area (Å²) >= 11 is 5.97. The van der Waals surface area contributed by atoms with Gasteiger partial charge in [-0.05, 0) is 29.8 Å². The van der Waals surface area contributed by atoms with Crippen molar-refractivity contribution >= 4 is 23.4 Å². The number of carbonyl (C=O) groups excluding carboxylic acids is 2. The second-order valence-electron chi connectivity index (χ2n) is 6.00. The average Bonchev–Trinajstić information content (AvgIpc) is 3.11. The fourth-order valence-corrected chi connectivity index (χ4v) is 2.80. The molecule has 0 saturated carbocycles. The smallest absolute Gasteiger partial charge is 0.251 e. The number of amides is 2. The van der Waals surface area contributed by atoms with Crippen LogP contribution in [0, 0.1) is 0 Å². The van der Waals surface area contributed by atoms with Gasteiger partial charge < -0.3 is 15.2 Å². The van der Waals surface area contributed by atoms with Gasteiger partial charge in [0.05, 0.1) is 6.54 Å². The van der Waals surface area contributed by atoms with Crippen molar-refractivity contribution in [1.29, 1.82) is 0 Å². The van der Waals surface area contributed by atoms with E-state index in [1.807, 2.05) is 36.0 Å². The zero-order valence-corrected chi connectivity index (χ0v) is 15.5. The van der Waals surface area contributed by atoms with Gasteiger partial charge in [0, 0.05) is 30.0 Å². The molecule has 1 atom stereocenters. The van der Waals surface area contributed by atoms with E-state index in [0.29, 0.717) is 16.4 Å². The normalized spacial score (nSPS) is 11.6. The lowest BCUT2D eigenvalue weighted by molar-refractivity contribution is -0.120. The molecule has 0 saturated heterocycles. The molecule has 3 rings (SSSR count). The molecule has 0 aliphatic carbocycles. The predicted molar refractivity (Wildman–Crippen MR) is 103 cm³/mol. The Bertz CT molecular complexity index is 923. The maximum Gasteiger partial charge on any atom is 0.251 e. The highest BCUT2D eigenvalue weighted by atomic mass is 35.5. The topological polar surface area (TPSA) is 76.0 Å². The van der Waals surface area contributed by atoms with Crippen molar-refractivity contribution in [2.24, 2.45) is 7.05 Å². The minimum absolute atomic E-state index is 0.137. The number of nitrogens with one attached hydrogen (secondary N) is 2. The SMILES string of the molecule is Cn1ccnc1[C@@H](NC(=O)CNC(=O)c1ccccc1)c1ccc(Cl)cc1. The van der Waals surface area contributed by atoms with E-state index in [2.05, 4.69) is 15.6 Å². The molecule has 27 heavy (non-hydrogen) atoms. The van der Waals surface area contributed by atoms with Crippen molar-refractivity contribution in [2.75, 3.05) is 6.54 Å². The van der Waals surface area contributed by atoms with Gasteiger partial charge in [-0.25, -0.2) is 4.98 Å². The second kappa shape index (κ2) is 8.51. The second-order valence-corrected chi connectivity index (χ2v) is 6.43. The summed E-state index contributed by atoms with van der Waals surface area (Å²) in [5.41, 5.74) is 1.35. The molecule has 3 aromatic rings. The summed E-state index contributed by atoms with van der Waals surface area (Å²) in [6.07, 6.45) is 3.48. The molecule has 0 unspecified atom stereocenters. The van der Waals surface area contributed by atoms with Gasteiger partial charge in [-0.15, -0.1) is 0 Å². The predicted octanol–water partition coefficient (Wildman–Crippen LogP) is 2.71. The van der Waals surface area contributed by atoms with Crippen molar-refractivity contribution in [1.82, 2.24) is 20.2 Å². The highest BCUT2D eigenvalue weighted by Gasteiger charge is 2.21. The molecular weight excluding hydrogens is 364 g/mol. The lowest BCUT2D eigenvalue weighted by Crippen LogP contribution is -2.39. The lowest BCUT2D eigenvalue weighted by Gasteiger charge is -2.19. The van der Waals surface area contributed by atoms with Crippen molar-refractivity contribution < 1.29 is 9.59 Å². The van der Waals surface area contributed by atoms with Crippen LogP contribution in [0.1, 0.15) is 27.8 Å². The molecule has 7 heteroatoms. The molecule has 2 N–H and O–H groups in total. The molecule has 0 aliphatic rings. The van der Waals surface area contributed by atoms with Crippen LogP contribution in [0.4, 0.5) is 0 Å². The minimum atomic E-state index is -0.455. The van der Waals surface area contributed by atoms with Crippen LogP contribution in [0.5, 0.6) is 0 Å². The zero-order chi connectivity index (χ0) is 19.2. The summed E-state index contributed by atoms with van der Waals surface area (Å²) in [5.74, 6) is 0.0630. The number of nitrogens with zero attached hydrogens (tertiary/aromatic N) is 2. The Labute approximate surface area is 162 Å². The molecule has 6 nitrogen and oxygen atoms in total. The van der Waals surface area contributed by atoms with E-state index in [9.17, 15) is 9.59 Å². The number of aromatic nitrogens is 2. The standard InChI is InChI=1S/C20H19ClN4O2/c1-25-12-11-22-19(25)18(14-7-9-16(21)10-8-14)24-17(26)13-23-20(27)15-5-3-2-4-6-15/h2-12,18H,13H2,1H3,(H,23,27)(H,24,26)/t18-/m0/s1. The first-order valence-electron chi connectivity index (χ1n) is 8.40. The molecule has 0 radical (unpaired) electrons. The van der Waals surface area contributed by atoms with Crippen LogP contribution in [0.25, 0.3) is 0 Å². The lowest BCUT2D eigenvalue weighted by atomic mass is 10.1. The summed E-state index contributed by atoms with van der Waals surface area (Å²) < 4.78 is 1.84. The first-order chi connectivity index (χ1) is 13.0. The molecule has 1 aromatic heterocycles. The van der Waals surface area contributed by atoms with Crippen LogP contribution in [0.3, 0.4) is 0 Å². The number of aryl methyl sites for hydroxylation is 1. The van der Waals surface area contributed by atoms with Gasteiger partial charge in [0.2, 0.25) is 5.91 Å². The molecule has 2 amide bonds. The van der Waals surface area contributed by atoms with E-state index in [4.69, 9.17) is 11.6 Å². The van der Waals surface area contributed by atoms with Gasteiger partial charge in [-0.3, -0.25) is 9.59 Å². The number of carbonyl (C=O) groups is 2. The number of rotatable bonds is 6. The van der Waals surface area contributed by atoms with Gasteiger partial charge in [0.1, 0.15) is 11.9 Å². The summed E-state index contributed by atoms with van der Waals surface area (Å²) in [5, 5.41) is 6.16. The first kappa shape index (κ1) is 18.7. The monoisotopic (exact) mass is 382 g/mol. The Morgan fingerprint density at radius 1 is 1.11 bits per heavy atom. The van der Waals surface area contributed by atoms with E-state index in [1.54, 1.807) is 42.6 Å². The number of hydrogen-bond donors (Lipinski definition) is 2. The van der Waals surface area contributed by atoms with Crippen LogP contribution in [0.15, 0.2) is 67.0 Å². The Morgan fingerprint density at radius 3 is 2.44 bits per heavy atom. The molecule has 0 bridgehead atoms. The van der Waals surface area contributed by atoms with E-state index >= 15 is 0 Å². The van der Waals surface area contributed by atoms with Gasteiger partial charge >= 0.3 is 0 Å². The highest BCUT2D eigenvalue weighted by molar-refractivity contribution is 6.30. The molecule has 0 spiro atoms. The van der Waals surface area contributed by atoms with Gasteiger partial charge in [0.15, 0.2) is 0 Å². The number of imidazole rings is 1. The van der Waals surface area contributed by atoms with E-state index in [-0.39, 0.29) is 18.4 Å². The fourth-order valence-electron chi connectivity index (χ4n) is 2.67. The van der Waals surface area contributed by atoms with Crippen LogP contribution < -0.4 is 10.6 Å². The number of hydrogen-bond acceptors (Lipinski definition) is 3.